The highest BCUT2D eigenvalue weighted by molar-refractivity contribution is 5.88. The second-order valence-corrected chi connectivity index (χ2v) is 4.32. The zero-order valence-electron chi connectivity index (χ0n) is 11.5. The number of pyridine rings is 1. The summed E-state index contributed by atoms with van der Waals surface area (Å²) in [5.74, 6) is -0.469. The second-order valence-electron chi connectivity index (χ2n) is 4.32. The molecule has 0 aliphatic rings. The molecule has 0 bridgehead atoms. The summed E-state index contributed by atoms with van der Waals surface area (Å²) in [6.45, 7) is 0.398. The lowest BCUT2D eigenvalue weighted by molar-refractivity contribution is 0.0600. The Morgan fingerprint density at radius 1 is 1.33 bits per heavy atom. The van der Waals surface area contributed by atoms with Crippen molar-refractivity contribution < 1.29 is 18.7 Å². The van der Waals surface area contributed by atoms with Crippen molar-refractivity contribution in [2.45, 2.75) is 13.2 Å². The minimum atomic E-state index is -0.451. The highest BCUT2D eigenvalue weighted by atomic mass is 19.1. The number of ether oxygens (including phenoxy) is 2. The molecule has 21 heavy (non-hydrogen) atoms. The van der Waals surface area contributed by atoms with Crippen LogP contribution in [0.15, 0.2) is 36.5 Å². The maximum Gasteiger partial charge on any atom is 0.339 e. The summed E-state index contributed by atoms with van der Waals surface area (Å²) in [6.07, 6.45) is 1.40. The Bertz CT molecular complexity index is 629. The van der Waals surface area contributed by atoms with E-state index in [0.717, 1.165) is 0 Å². The van der Waals surface area contributed by atoms with Crippen LogP contribution in [0.1, 0.15) is 21.6 Å². The van der Waals surface area contributed by atoms with Crippen molar-refractivity contribution in [2.75, 3.05) is 7.11 Å². The molecule has 2 aromatic rings. The van der Waals surface area contributed by atoms with Crippen molar-refractivity contribution >= 4 is 5.97 Å². The van der Waals surface area contributed by atoms with E-state index in [-0.39, 0.29) is 13.2 Å². The molecular weight excluding hydrogens is 275 g/mol. The summed E-state index contributed by atoms with van der Waals surface area (Å²) >= 11 is 0. The molecule has 5 nitrogen and oxygen atoms in total. The number of carbonyl (C=O) groups excluding carboxylic acids is 1. The van der Waals surface area contributed by atoms with Gasteiger partial charge in [-0.2, -0.15) is 0 Å². The van der Waals surface area contributed by atoms with Crippen LogP contribution in [0.4, 0.5) is 4.39 Å². The van der Waals surface area contributed by atoms with Gasteiger partial charge in [-0.15, -0.1) is 0 Å². The number of aromatic nitrogens is 1. The van der Waals surface area contributed by atoms with Crippen LogP contribution in [0.3, 0.4) is 0 Å². The Kier molecular flexibility index (Phi) is 4.84. The van der Waals surface area contributed by atoms with Gasteiger partial charge in [-0.25, -0.2) is 9.18 Å². The van der Waals surface area contributed by atoms with Crippen molar-refractivity contribution in [3.63, 3.8) is 0 Å². The SMILES string of the molecule is COC(=O)c1ccc(COc2cc(F)cc(CN)c2)nc1. The first-order chi connectivity index (χ1) is 10.1. The highest BCUT2D eigenvalue weighted by Crippen LogP contribution is 2.17. The maximum atomic E-state index is 13.3. The Balaban J connectivity index is 2.03. The first-order valence-corrected chi connectivity index (χ1v) is 6.28. The van der Waals surface area contributed by atoms with Gasteiger partial charge < -0.3 is 15.2 Å². The molecule has 0 radical (unpaired) electrons. The summed E-state index contributed by atoms with van der Waals surface area (Å²) in [6, 6.07) is 7.55. The molecule has 2 N–H and O–H groups in total. The third-order valence-electron chi connectivity index (χ3n) is 2.80. The van der Waals surface area contributed by atoms with Crippen molar-refractivity contribution in [1.29, 1.82) is 0 Å². The monoisotopic (exact) mass is 290 g/mol. The van der Waals surface area contributed by atoms with Gasteiger partial charge in [0.05, 0.1) is 18.4 Å². The first kappa shape index (κ1) is 14.9. The highest BCUT2D eigenvalue weighted by Gasteiger charge is 2.06. The molecule has 0 aliphatic heterocycles. The number of benzene rings is 1. The van der Waals surface area contributed by atoms with E-state index in [1.165, 1.54) is 25.4 Å². The quantitative estimate of drug-likeness (QED) is 0.853. The molecule has 6 heteroatoms. The number of rotatable bonds is 5. The molecule has 110 valence electrons. The second kappa shape index (κ2) is 6.81. The summed E-state index contributed by atoms with van der Waals surface area (Å²) in [4.78, 5) is 15.3. The van der Waals surface area contributed by atoms with Gasteiger partial charge in [0, 0.05) is 18.8 Å². The van der Waals surface area contributed by atoms with Crippen LogP contribution in [-0.2, 0) is 17.9 Å². The van der Waals surface area contributed by atoms with Crippen LogP contribution in [0.5, 0.6) is 5.75 Å². The number of methoxy groups -OCH3 is 1. The summed E-state index contributed by atoms with van der Waals surface area (Å²) in [5, 5.41) is 0. The Morgan fingerprint density at radius 2 is 2.14 bits per heavy atom. The minimum Gasteiger partial charge on any atom is -0.487 e. The molecule has 0 saturated heterocycles. The summed E-state index contributed by atoms with van der Waals surface area (Å²) < 4.78 is 23.4. The Morgan fingerprint density at radius 3 is 2.76 bits per heavy atom. The minimum absolute atomic E-state index is 0.162. The molecule has 0 fully saturated rings. The van der Waals surface area contributed by atoms with E-state index >= 15 is 0 Å². The number of nitrogens with two attached hydrogens (primary N) is 1. The van der Waals surface area contributed by atoms with Crippen molar-refractivity contribution in [3.05, 3.63) is 59.2 Å². The van der Waals surface area contributed by atoms with Crippen LogP contribution >= 0.6 is 0 Å². The zero-order valence-corrected chi connectivity index (χ0v) is 11.5. The molecule has 0 atom stereocenters. The number of hydrogen-bond acceptors (Lipinski definition) is 5. The molecule has 0 aliphatic carbocycles. The smallest absolute Gasteiger partial charge is 0.339 e. The molecule has 0 spiro atoms. The largest absolute Gasteiger partial charge is 0.487 e. The fraction of sp³-hybridized carbons (Fsp3) is 0.200. The van der Waals surface area contributed by atoms with Crippen LogP contribution in [-0.4, -0.2) is 18.1 Å². The van der Waals surface area contributed by atoms with Gasteiger partial charge in [-0.1, -0.05) is 0 Å². The van der Waals surface area contributed by atoms with E-state index < -0.39 is 11.8 Å². The standard InChI is InChI=1S/C15H15FN2O3/c1-20-15(19)11-2-3-13(18-8-11)9-21-14-5-10(7-17)4-12(16)6-14/h2-6,8H,7,9,17H2,1H3. The molecule has 2 rings (SSSR count). The number of esters is 1. The lowest BCUT2D eigenvalue weighted by atomic mass is 10.2. The van der Waals surface area contributed by atoms with E-state index in [0.29, 0.717) is 22.6 Å². The van der Waals surface area contributed by atoms with Crippen LogP contribution in [0.2, 0.25) is 0 Å². The Labute approximate surface area is 121 Å². The maximum absolute atomic E-state index is 13.3. The topological polar surface area (TPSA) is 74.4 Å². The average molecular weight is 290 g/mol. The lowest BCUT2D eigenvalue weighted by Gasteiger charge is -2.08. The third-order valence-corrected chi connectivity index (χ3v) is 2.80. The van der Waals surface area contributed by atoms with Gasteiger partial charge in [-0.05, 0) is 29.8 Å². The van der Waals surface area contributed by atoms with E-state index in [4.69, 9.17) is 10.5 Å². The molecule has 0 saturated carbocycles. The number of carbonyl (C=O) groups is 1. The van der Waals surface area contributed by atoms with E-state index in [9.17, 15) is 9.18 Å². The number of nitrogens with zero attached hydrogens (tertiary/aromatic N) is 1. The predicted octanol–water partition coefficient (Wildman–Crippen LogP) is 2.04. The van der Waals surface area contributed by atoms with E-state index in [1.54, 1.807) is 18.2 Å². The molecule has 0 amide bonds. The van der Waals surface area contributed by atoms with Gasteiger partial charge in [0.25, 0.3) is 0 Å². The van der Waals surface area contributed by atoms with Crippen molar-refractivity contribution in [1.82, 2.24) is 4.98 Å². The fourth-order valence-electron chi connectivity index (χ4n) is 1.73. The van der Waals surface area contributed by atoms with Crippen LogP contribution in [0.25, 0.3) is 0 Å². The Hall–Kier alpha value is -2.47. The predicted molar refractivity (Wildman–Crippen MR) is 74.2 cm³/mol. The normalized spacial score (nSPS) is 10.2. The van der Waals surface area contributed by atoms with Gasteiger partial charge in [-0.3, -0.25) is 4.98 Å². The molecular formula is C15H15FN2O3. The fourth-order valence-corrected chi connectivity index (χ4v) is 1.73. The molecule has 1 heterocycles. The number of hydrogen-bond donors (Lipinski definition) is 1. The zero-order chi connectivity index (χ0) is 15.2. The van der Waals surface area contributed by atoms with Crippen LogP contribution < -0.4 is 10.5 Å². The van der Waals surface area contributed by atoms with E-state index in [1.807, 2.05) is 0 Å². The molecule has 1 aromatic heterocycles. The first-order valence-electron chi connectivity index (χ1n) is 6.28. The molecule has 1 aromatic carbocycles. The van der Waals surface area contributed by atoms with Crippen molar-refractivity contribution in [3.8, 4) is 5.75 Å². The lowest BCUT2D eigenvalue weighted by Crippen LogP contribution is -2.04. The van der Waals surface area contributed by atoms with Crippen LogP contribution in [0, 0.1) is 5.82 Å². The summed E-state index contributed by atoms with van der Waals surface area (Å²) in [5.41, 5.74) is 7.10. The van der Waals surface area contributed by atoms with Gasteiger partial charge >= 0.3 is 5.97 Å². The van der Waals surface area contributed by atoms with Gasteiger partial charge in [0.15, 0.2) is 0 Å². The average Bonchev–Trinajstić information content (AvgIpc) is 2.52. The van der Waals surface area contributed by atoms with Crippen molar-refractivity contribution in [2.24, 2.45) is 5.73 Å². The van der Waals surface area contributed by atoms with Gasteiger partial charge in [0.1, 0.15) is 18.2 Å². The van der Waals surface area contributed by atoms with Gasteiger partial charge in [0.2, 0.25) is 0 Å². The summed E-state index contributed by atoms with van der Waals surface area (Å²) in [7, 11) is 1.30. The third kappa shape index (κ3) is 4.00. The molecule has 0 unspecified atom stereocenters. The van der Waals surface area contributed by atoms with E-state index in [2.05, 4.69) is 9.72 Å². The number of halogens is 1.